The van der Waals surface area contributed by atoms with Crippen molar-refractivity contribution < 1.29 is 29.9 Å². The molecule has 32 heavy (non-hydrogen) atoms. The van der Waals surface area contributed by atoms with E-state index in [-0.39, 0.29) is 35.7 Å². The zero-order chi connectivity index (χ0) is 26.7. The van der Waals surface area contributed by atoms with Gasteiger partial charge >= 0.3 is 0 Å². The molecule has 1 saturated heterocycles. The summed E-state index contributed by atoms with van der Waals surface area (Å²) < 4.78 is 90.0. The second-order valence-electron chi connectivity index (χ2n) is 7.43. The van der Waals surface area contributed by atoms with Crippen LogP contribution in [-0.2, 0) is 4.74 Å². The Hall–Kier alpha value is -2.92. The maximum Gasteiger partial charge on any atom is 0.224 e. The Labute approximate surface area is 188 Å². The number of nitrogens with one attached hydrogen (secondary N) is 2. The van der Waals surface area contributed by atoms with E-state index in [0.29, 0.717) is 25.2 Å². The van der Waals surface area contributed by atoms with Gasteiger partial charge in [-0.3, -0.25) is 4.57 Å². The van der Waals surface area contributed by atoms with E-state index >= 15 is 0 Å². The van der Waals surface area contributed by atoms with Gasteiger partial charge in [0.1, 0.15) is 17.0 Å². The number of aliphatic hydroxyl groups excluding tert-OH is 1. The van der Waals surface area contributed by atoms with Gasteiger partial charge in [0.15, 0.2) is 17.3 Å². The average Bonchev–Trinajstić information content (AvgIpc) is 3.45. The van der Waals surface area contributed by atoms with Crippen molar-refractivity contribution in [1.82, 2.24) is 19.5 Å². The van der Waals surface area contributed by atoms with Gasteiger partial charge in [-0.15, -0.1) is 0 Å². The first-order valence-electron chi connectivity index (χ1n) is 12.6. The molecule has 3 N–H and O–H groups in total. The summed E-state index contributed by atoms with van der Waals surface area (Å²) in [5, 5.41) is 15.2. The van der Waals surface area contributed by atoms with E-state index < -0.39 is 60.8 Å². The third kappa shape index (κ3) is 4.09. The fourth-order valence-corrected chi connectivity index (χ4v) is 3.66. The molecule has 5 rings (SSSR count). The third-order valence-corrected chi connectivity index (χ3v) is 5.20. The maximum absolute atomic E-state index is 14.3. The Morgan fingerprint density at radius 3 is 2.75 bits per heavy atom. The monoisotopic (exact) mass is 453 g/mol. The quantitative estimate of drug-likeness (QED) is 0.542. The van der Waals surface area contributed by atoms with Gasteiger partial charge in [0.05, 0.1) is 26.3 Å². The molecule has 0 spiro atoms. The molecule has 5 atom stereocenters. The fraction of sp³-hybridized carbons (Fsp3) is 0.476. The van der Waals surface area contributed by atoms with Gasteiger partial charge in [0, 0.05) is 30.2 Å². The molecule has 0 amide bonds. The Kier molecular flexibility index (Phi) is 4.22. The number of imidazole rings is 1. The van der Waals surface area contributed by atoms with Gasteiger partial charge < -0.3 is 20.5 Å². The number of hydrogen-bond donors (Lipinski definition) is 3. The molecule has 2 fully saturated rings. The number of fused-ring (bicyclic) bond motifs is 1. The zero-order valence-corrected chi connectivity index (χ0v) is 16.6. The van der Waals surface area contributed by atoms with Crippen LogP contribution in [0.25, 0.3) is 11.2 Å². The maximum atomic E-state index is 14.3. The summed E-state index contributed by atoms with van der Waals surface area (Å²) in [6.45, 7) is 0.662. The minimum atomic E-state index is -2.30. The average molecular weight is 453 g/mol. The van der Waals surface area contributed by atoms with Gasteiger partial charge in [-0.05, 0) is 32.0 Å². The van der Waals surface area contributed by atoms with Crippen LogP contribution in [-0.4, -0.2) is 50.0 Å². The summed E-state index contributed by atoms with van der Waals surface area (Å²) in [7, 11) is 0. The van der Waals surface area contributed by atoms with Crippen LogP contribution in [0.15, 0.2) is 18.3 Å². The van der Waals surface area contributed by atoms with Crippen LogP contribution in [0.5, 0.6) is 0 Å². The normalized spacial score (nSPS) is 34.3. The van der Waals surface area contributed by atoms with Gasteiger partial charge in [-0.1, -0.05) is 0 Å². The van der Waals surface area contributed by atoms with Crippen LogP contribution in [0.1, 0.15) is 44.9 Å². The van der Waals surface area contributed by atoms with Crippen LogP contribution in [0.2, 0.25) is 0 Å². The van der Waals surface area contributed by atoms with Crippen molar-refractivity contribution in [2.24, 2.45) is 0 Å². The molecular formula is C21H23F3N6O2. The Balaban J connectivity index is 1.54. The summed E-state index contributed by atoms with van der Waals surface area (Å²) in [5.41, 5.74) is -0.197. The van der Waals surface area contributed by atoms with E-state index in [1.165, 1.54) is 6.20 Å². The lowest BCUT2D eigenvalue weighted by molar-refractivity contribution is 0.126. The van der Waals surface area contributed by atoms with Gasteiger partial charge in [0.2, 0.25) is 11.9 Å². The summed E-state index contributed by atoms with van der Waals surface area (Å²) in [6, 6.07) is -1.31. The predicted molar refractivity (Wildman–Crippen MR) is 111 cm³/mol. The number of rotatable bonds is 5. The first kappa shape index (κ1) is 15.8. The standard InChI is InChI=1S/C21H23F3N6O2/c22-11-7-15(23)18(16(24)8-11)28-21-27-17-9-25-20(26-12-1-3-14(31)4-2-12)29-19(17)30(21)13-5-6-32-10-13/h7-9,12-14,31H,1-6,10H2,(H,27,28)(H,25,26,29)/i1D,3D,4D2,12D. The molecule has 0 bridgehead atoms. The second kappa shape index (κ2) is 8.55. The van der Waals surface area contributed by atoms with Crippen molar-refractivity contribution in [3.8, 4) is 0 Å². The number of ether oxygens (including phenoxy) is 1. The summed E-state index contributed by atoms with van der Waals surface area (Å²) in [6.07, 6.45) is -5.94. The molecule has 1 aromatic carbocycles. The Morgan fingerprint density at radius 2 is 2.00 bits per heavy atom. The van der Waals surface area contributed by atoms with Gasteiger partial charge in [-0.2, -0.15) is 4.98 Å². The third-order valence-electron chi connectivity index (χ3n) is 5.20. The number of aliphatic hydroxyl groups is 1. The minimum Gasteiger partial charge on any atom is -0.393 e. The smallest absolute Gasteiger partial charge is 0.224 e. The van der Waals surface area contributed by atoms with E-state index in [9.17, 15) is 18.3 Å². The largest absolute Gasteiger partial charge is 0.393 e. The zero-order valence-electron chi connectivity index (χ0n) is 21.6. The topological polar surface area (TPSA) is 97.1 Å². The molecule has 3 aromatic rings. The predicted octanol–water partition coefficient (Wildman–Crippen LogP) is 3.66. The fourth-order valence-electron chi connectivity index (χ4n) is 3.66. The first-order chi connectivity index (χ1) is 17.4. The second-order valence-corrected chi connectivity index (χ2v) is 7.43. The van der Waals surface area contributed by atoms with Crippen LogP contribution < -0.4 is 10.6 Å². The van der Waals surface area contributed by atoms with Crippen LogP contribution in [0, 0.1) is 17.5 Å². The van der Waals surface area contributed by atoms with Crippen LogP contribution in [0.3, 0.4) is 0 Å². The number of anilines is 3. The van der Waals surface area contributed by atoms with Gasteiger partial charge in [-0.25, -0.2) is 23.1 Å². The Morgan fingerprint density at radius 1 is 1.19 bits per heavy atom. The summed E-state index contributed by atoms with van der Waals surface area (Å²) in [4.78, 5) is 12.8. The summed E-state index contributed by atoms with van der Waals surface area (Å²) in [5.74, 6) is -3.58. The van der Waals surface area contributed by atoms with Crippen molar-refractivity contribution in [2.45, 2.75) is 50.2 Å². The molecule has 2 aliphatic rings. The highest BCUT2D eigenvalue weighted by molar-refractivity contribution is 5.76. The first-order valence-corrected chi connectivity index (χ1v) is 9.95. The van der Waals surface area contributed by atoms with Crippen molar-refractivity contribution in [3.63, 3.8) is 0 Å². The molecule has 8 nitrogen and oxygen atoms in total. The molecule has 1 saturated carbocycles. The van der Waals surface area contributed by atoms with Crippen molar-refractivity contribution >= 4 is 28.7 Å². The van der Waals surface area contributed by atoms with E-state index in [0.717, 1.165) is 0 Å². The highest BCUT2D eigenvalue weighted by Gasteiger charge is 2.27. The molecule has 5 unspecified atom stereocenters. The van der Waals surface area contributed by atoms with Crippen molar-refractivity contribution in [1.29, 1.82) is 0 Å². The van der Waals surface area contributed by atoms with E-state index in [1.807, 2.05) is 0 Å². The lowest BCUT2D eigenvalue weighted by atomic mass is 9.93. The molecule has 1 aliphatic heterocycles. The molecule has 11 heteroatoms. The molecular weight excluding hydrogens is 425 g/mol. The number of nitrogens with zero attached hydrogens (tertiary/aromatic N) is 4. The molecule has 3 heterocycles. The van der Waals surface area contributed by atoms with Crippen LogP contribution >= 0.6 is 0 Å². The van der Waals surface area contributed by atoms with E-state index in [2.05, 4.69) is 25.6 Å². The molecule has 170 valence electrons. The lowest BCUT2D eigenvalue weighted by Crippen LogP contribution is -2.29. The number of hydrogen-bond acceptors (Lipinski definition) is 7. The Bertz CT molecular complexity index is 1320. The van der Waals surface area contributed by atoms with Crippen molar-refractivity contribution in [3.05, 3.63) is 35.8 Å². The summed E-state index contributed by atoms with van der Waals surface area (Å²) >= 11 is 0. The molecule has 0 radical (unpaired) electrons. The lowest BCUT2D eigenvalue weighted by Gasteiger charge is -2.26. The minimum absolute atomic E-state index is 0.0105. The van der Waals surface area contributed by atoms with Gasteiger partial charge in [0.25, 0.3) is 0 Å². The number of aromatic nitrogens is 4. The highest BCUT2D eigenvalue weighted by atomic mass is 19.1. The van der Waals surface area contributed by atoms with E-state index in [4.69, 9.17) is 11.6 Å². The van der Waals surface area contributed by atoms with Crippen molar-refractivity contribution in [2.75, 3.05) is 23.8 Å². The van der Waals surface area contributed by atoms with E-state index in [1.54, 1.807) is 4.57 Å². The SMILES string of the molecule is [2H]C1C(O)C([2H])([2H])CC([2H])(Nc2ncc3nc(Nc4c(F)cc(F)cc4F)n(C4CCOC4)c3n2)C1[2H]. The number of benzene rings is 1. The van der Waals surface area contributed by atoms with Crippen LogP contribution in [0.4, 0.5) is 30.8 Å². The number of halogens is 3. The molecule has 1 aliphatic carbocycles. The highest BCUT2D eigenvalue weighted by Crippen LogP contribution is 2.32. The molecule has 2 aromatic heterocycles.